The van der Waals surface area contributed by atoms with Crippen LogP contribution >= 0.6 is 0 Å². The molecular weight excluding hydrogens is 224 g/mol. The molecule has 0 aromatic heterocycles. The van der Waals surface area contributed by atoms with Crippen molar-refractivity contribution in [3.63, 3.8) is 0 Å². The third kappa shape index (κ3) is 5.17. The summed E-state index contributed by atoms with van der Waals surface area (Å²) in [5.41, 5.74) is 2.74. The van der Waals surface area contributed by atoms with Crippen molar-refractivity contribution in [2.24, 2.45) is 0 Å². The Morgan fingerprint density at radius 1 is 1.28 bits per heavy atom. The number of nitrogens with one attached hydrogen (secondary N) is 1. The van der Waals surface area contributed by atoms with Gasteiger partial charge in [-0.05, 0) is 32.0 Å². The van der Waals surface area contributed by atoms with Crippen LogP contribution in [0.2, 0.25) is 0 Å². The molecule has 0 radical (unpaired) electrons. The molecule has 3 heteroatoms. The maximum Gasteiger partial charge on any atom is 0.0589 e. The van der Waals surface area contributed by atoms with E-state index in [1.165, 1.54) is 11.1 Å². The van der Waals surface area contributed by atoms with Gasteiger partial charge in [0.25, 0.3) is 0 Å². The largest absolute Gasteiger partial charge is 0.383 e. The second-order valence-electron chi connectivity index (χ2n) is 4.83. The van der Waals surface area contributed by atoms with Crippen LogP contribution in [0.4, 0.5) is 0 Å². The Kier molecular flexibility index (Phi) is 6.94. The van der Waals surface area contributed by atoms with Gasteiger partial charge >= 0.3 is 0 Å². The Balaban J connectivity index is 2.29. The molecule has 1 atom stereocenters. The van der Waals surface area contributed by atoms with E-state index in [1.807, 2.05) is 0 Å². The normalized spacial score (nSPS) is 12.9. The van der Waals surface area contributed by atoms with Crippen LogP contribution in [0.3, 0.4) is 0 Å². The minimum Gasteiger partial charge on any atom is -0.383 e. The zero-order valence-corrected chi connectivity index (χ0v) is 12.1. The third-order valence-corrected chi connectivity index (χ3v) is 3.28. The first-order valence-electron chi connectivity index (χ1n) is 6.61. The van der Waals surface area contributed by atoms with Gasteiger partial charge in [0.2, 0.25) is 0 Å². The number of ether oxygens (including phenoxy) is 1. The first-order chi connectivity index (χ1) is 8.65. The number of likely N-dealkylation sites (N-methyl/N-ethyl adjacent to an activating group) is 1. The summed E-state index contributed by atoms with van der Waals surface area (Å²) in [5, 5.41) is 3.56. The predicted octanol–water partition coefficient (Wildman–Crippen LogP) is 2.22. The Bertz CT molecular complexity index is 341. The molecule has 1 unspecified atom stereocenters. The minimum atomic E-state index is 0.405. The number of hydrogen-bond donors (Lipinski definition) is 1. The highest BCUT2D eigenvalue weighted by molar-refractivity contribution is 5.28. The average molecular weight is 250 g/mol. The lowest BCUT2D eigenvalue weighted by Gasteiger charge is -2.20. The van der Waals surface area contributed by atoms with Gasteiger partial charge in [-0.15, -0.1) is 0 Å². The molecule has 3 nitrogen and oxygen atoms in total. The molecule has 0 heterocycles. The van der Waals surface area contributed by atoms with Crippen LogP contribution in [-0.2, 0) is 4.74 Å². The fourth-order valence-electron chi connectivity index (χ4n) is 2.01. The van der Waals surface area contributed by atoms with Gasteiger partial charge in [-0.1, -0.05) is 24.3 Å². The van der Waals surface area contributed by atoms with Gasteiger partial charge in [0.15, 0.2) is 0 Å². The van der Waals surface area contributed by atoms with Crippen LogP contribution < -0.4 is 5.32 Å². The van der Waals surface area contributed by atoms with E-state index in [0.29, 0.717) is 6.04 Å². The summed E-state index contributed by atoms with van der Waals surface area (Å²) >= 11 is 0. The summed E-state index contributed by atoms with van der Waals surface area (Å²) in [7, 11) is 3.87. The Labute approximate surface area is 111 Å². The highest BCUT2D eigenvalue weighted by Gasteiger charge is 2.07. The van der Waals surface area contributed by atoms with Crippen LogP contribution in [0.1, 0.15) is 24.1 Å². The molecule has 102 valence electrons. The van der Waals surface area contributed by atoms with Gasteiger partial charge in [0.1, 0.15) is 0 Å². The molecule has 0 saturated heterocycles. The Hall–Kier alpha value is -0.900. The molecule has 0 fully saturated rings. The van der Waals surface area contributed by atoms with E-state index in [9.17, 15) is 0 Å². The first-order valence-corrected chi connectivity index (χ1v) is 6.61. The van der Waals surface area contributed by atoms with Crippen molar-refractivity contribution in [1.29, 1.82) is 0 Å². The lowest BCUT2D eigenvalue weighted by Crippen LogP contribution is -2.32. The number of nitrogens with zero attached hydrogens (tertiary/aromatic N) is 1. The first kappa shape index (κ1) is 15.2. The SMILES string of the molecule is COCCN(C)CCNC(C)c1ccccc1C. The maximum absolute atomic E-state index is 5.06. The fourth-order valence-corrected chi connectivity index (χ4v) is 2.01. The molecular formula is C15H26N2O. The quantitative estimate of drug-likeness (QED) is 0.765. The van der Waals surface area contributed by atoms with Crippen molar-refractivity contribution < 1.29 is 4.74 Å². The second kappa shape index (κ2) is 8.25. The smallest absolute Gasteiger partial charge is 0.0589 e. The molecule has 0 saturated carbocycles. The van der Waals surface area contributed by atoms with Crippen molar-refractivity contribution in [2.75, 3.05) is 40.4 Å². The summed E-state index contributed by atoms with van der Waals surface area (Å²) in [6.07, 6.45) is 0. The number of hydrogen-bond acceptors (Lipinski definition) is 3. The van der Waals surface area contributed by atoms with E-state index in [2.05, 4.69) is 55.4 Å². The summed E-state index contributed by atoms with van der Waals surface area (Å²) in [5.74, 6) is 0. The van der Waals surface area contributed by atoms with Crippen LogP contribution in [0.25, 0.3) is 0 Å². The summed E-state index contributed by atoms with van der Waals surface area (Å²) in [6, 6.07) is 8.96. The lowest BCUT2D eigenvalue weighted by molar-refractivity contribution is 0.161. The van der Waals surface area contributed by atoms with Gasteiger partial charge in [-0.3, -0.25) is 0 Å². The molecule has 18 heavy (non-hydrogen) atoms. The van der Waals surface area contributed by atoms with Crippen molar-refractivity contribution in [3.8, 4) is 0 Å². The number of methoxy groups -OCH3 is 1. The molecule has 0 aliphatic rings. The molecule has 0 amide bonds. The molecule has 0 aliphatic carbocycles. The maximum atomic E-state index is 5.06. The van der Waals surface area contributed by atoms with E-state index < -0.39 is 0 Å². The number of rotatable bonds is 8. The zero-order chi connectivity index (χ0) is 13.4. The molecule has 1 aromatic rings. The Morgan fingerprint density at radius 2 is 2.00 bits per heavy atom. The number of benzene rings is 1. The van der Waals surface area contributed by atoms with Gasteiger partial charge < -0.3 is 15.0 Å². The van der Waals surface area contributed by atoms with Crippen molar-refractivity contribution in [1.82, 2.24) is 10.2 Å². The molecule has 1 N–H and O–H groups in total. The fraction of sp³-hybridized carbons (Fsp3) is 0.600. The second-order valence-corrected chi connectivity index (χ2v) is 4.83. The highest BCUT2D eigenvalue weighted by atomic mass is 16.5. The molecule has 1 aromatic carbocycles. The van der Waals surface area contributed by atoms with E-state index in [1.54, 1.807) is 7.11 Å². The van der Waals surface area contributed by atoms with Gasteiger partial charge in [-0.2, -0.15) is 0 Å². The van der Waals surface area contributed by atoms with Crippen molar-refractivity contribution >= 4 is 0 Å². The number of aryl methyl sites for hydroxylation is 1. The van der Waals surface area contributed by atoms with Crippen LogP contribution in [0.15, 0.2) is 24.3 Å². The van der Waals surface area contributed by atoms with Crippen LogP contribution in [0.5, 0.6) is 0 Å². The van der Waals surface area contributed by atoms with Gasteiger partial charge in [0.05, 0.1) is 6.61 Å². The molecule has 0 bridgehead atoms. The Morgan fingerprint density at radius 3 is 2.67 bits per heavy atom. The zero-order valence-electron chi connectivity index (χ0n) is 12.1. The van der Waals surface area contributed by atoms with Gasteiger partial charge in [-0.25, -0.2) is 0 Å². The minimum absolute atomic E-state index is 0.405. The van der Waals surface area contributed by atoms with E-state index >= 15 is 0 Å². The highest BCUT2D eigenvalue weighted by Crippen LogP contribution is 2.16. The topological polar surface area (TPSA) is 24.5 Å². The monoisotopic (exact) mass is 250 g/mol. The van der Waals surface area contributed by atoms with Gasteiger partial charge in [0, 0.05) is 32.8 Å². The third-order valence-electron chi connectivity index (χ3n) is 3.28. The van der Waals surface area contributed by atoms with E-state index in [0.717, 1.165) is 26.2 Å². The van der Waals surface area contributed by atoms with E-state index in [4.69, 9.17) is 4.74 Å². The van der Waals surface area contributed by atoms with E-state index in [-0.39, 0.29) is 0 Å². The van der Waals surface area contributed by atoms with Crippen molar-refractivity contribution in [2.45, 2.75) is 19.9 Å². The lowest BCUT2D eigenvalue weighted by atomic mass is 10.0. The average Bonchev–Trinajstić information content (AvgIpc) is 2.36. The van der Waals surface area contributed by atoms with Crippen molar-refractivity contribution in [3.05, 3.63) is 35.4 Å². The van der Waals surface area contributed by atoms with Crippen LogP contribution in [-0.4, -0.2) is 45.3 Å². The summed E-state index contributed by atoms with van der Waals surface area (Å²) in [6.45, 7) is 8.20. The molecule has 0 spiro atoms. The van der Waals surface area contributed by atoms with Crippen LogP contribution in [0, 0.1) is 6.92 Å². The molecule has 1 rings (SSSR count). The molecule has 0 aliphatic heterocycles. The standard InChI is InChI=1S/C15H26N2O/c1-13-7-5-6-8-15(13)14(2)16-9-10-17(3)11-12-18-4/h5-8,14,16H,9-12H2,1-4H3. The predicted molar refractivity (Wildman–Crippen MR) is 77.0 cm³/mol. The summed E-state index contributed by atoms with van der Waals surface area (Å²) in [4.78, 5) is 2.28. The summed E-state index contributed by atoms with van der Waals surface area (Å²) < 4.78 is 5.06.